The van der Waals surface area contributed by atoms with Crippen LogP contribution in [0.5, 0.6) is 0 Å². The van der Waals surface area contributed by atoms with Gasteiger partial charge in [-0.15, -0.1) is 24.0 Å². The number of nitrogens with one attached hydrogen (secondary N) is 2. The average molecular weight is 395 g/mol. The van der Waals surface area contributed by atoms with E-state index in [4.69, 9.17) is 4.74 Å². The van der Waals surface area contributed by atoms with E-state index in [2.05, 4.69) is 29.5 Å². The Bertz CT molecular complexity index is 323. The van der Waals surface area contributed by atoms with Gasteiger partial charge < -0.3 is 15.4 Å². The highest BCUT2D eigenvalue weighted by molar-refractivity contribution is 14.0. The van der Waals surface area contributed by atoms with Gasteiger partial charge in [-0.1, -0.05) is 26.7 Å². The van der Waals surface area contributed by atoms with Crippen LogP contribution < -0.4 is 10.6 Å². The Morgan fingerprint density at radius 2 is 1.75 bits per heavy atom. The summed E-state index contributed by atoms with van der Waals surface area (Å²) in [6, 6.07) is 0. The highest BCUT2D eigenvalue weighted by Crippen LogP contribution is 2.40. The van der Waals surface area contributed by atoms with Crippen molar-refractivity contribution >= 4 is 29.9 Å². The van der Waals surface area contributed by atoms with E-state index in [9.17, 15) is 0 Å². The molecule has 0 unspecified atom stereocenters. The van der Waals surface area contributed by atoms with Crippen molar-refractivity contribution in [2.45, 2.75) is 46.0 Å². The number of hydrogen-bond acceptors (Lipinski definition) is 2. The Hall–Kier alpha value is -0.0400. The van der Waals surface area contributed by atoms with Crippen LogP contribution in [0.2, 0.25) is 0 Å². The summed E-state index contributed by atoms with van der Waals surface area (Å²) in [6.07, 6.45) is 6.76. The summed E-state index contributed by atoms with van der Waals surface area (Å²) in [4.78, 5) is 4.33. The molecule has 0 spiro atoms. The van der Waals surface area contributed by atoms with Crippen LogP contribution in [0.3, 0.4) is 0 Å². The lowest BCUT2D eigenvalue weighted by Crippen LogP contribution is -2.52. The molecule has 2 aliphatic rings. The molecule has 0 aromatic rings. The van der Waals surface area contributed by atoms with E-state index >= 15 is 0 Å². The molecule has 2 rings (SSSR count). The lowest BCUT2D eigenvalue weighted by Gasteiger charge is -2.38. The molecule has 0 aromatic heterocycles. The van der Waals surface area contributed by atoms with E-state index in [1.54, 1.807) is 0 Å². The molecule has 0 radical (unpaired) electrons. The molecule has 1 heterocycles. The van der Waals surface area contributed by atoms with Crippen LogP contribution in [-0.4, -0.2) is 39.3 Å². The highest BCUT2D eigenvalue weighted by atomic mass is 127. The maximum absolute atomic E-state index is 5.28. The second-order valence-electron chi connectivity index (χ2n) is 6.64. The Morgan fingerprint density at radius 3 is 2.20 bits per heavy atom. The van der Waals surface area contributed by atoms with Crippen molar-refractivity contribution in [3.8, 4) is 0 Å². The van der Waals surface area contributed by atoms with E-state index in [0.717, 1.165) is 32.3 Å². The molecular formula is C15H30IN3O. The molecule has 0 aromatic carbocycles. The number of rotatable bonds is 5. The molecule has 0 atom stereocenters. The maximum Gasteiger partial charge on any atom is 0.191 e. The van der Waals surface area contributed by atoms with Crippen molar-refractivity contribution in [1.82, 2.24) is 10.6 Å². The van der Waals surface area contributed by atoms with Crippen molar-refractivity contribution < 1.29 is 4.74 Å². The molecule has 0 amide bonds. The Balaban J connectivity index is 0.00000200. The van der Waals surface area contributed by atoms with Gasteiger partial charge in [-0.25, -0.2) is 0 Å². The van der Waals surface area contributed by atoms with Gasteiger partial charge in [0.15, 0.2) is 5.96 Å². The first kappa shape index (κ1) is 18.0. The third-order valence-corrected chi connectivity index (χ3v) is 4.85. The van der Waals surface area contributed by atoms with Gasteiger partial charge in [-0.2, -0.15) is 0 Å². The molecule has 5 heteroatoms. The smallest absolute Gasteiger partial charge is 0.191 e. The molecular weight excluding hydrogens is 365 g/mol. The Labute approximate surface area is 140 Å². The topological polar surface area (TPSA) is 45.7 Å². The maximum atomic E-state index is 5.28. The predicted octanol–water partition coefficient (Wildman–Crippen LogP) is 2.78. The molecule has 20 heavy (non-hydrogen) atoms. The summed E-state index contributed by atoms with van der Waals surface area (Å²) in [6.45, 7) is 8.27. The van der Waals surface area contributed by atoms with E-state index in [1.165, 1.54) is 32.1 Å². The third kappa shape index (κ3) is 4.48. The zero-order chi connectivity index (χ0) is 13.8. The Kier molecular flexibility index (Phi) is 7.04. The van der Waals surface area contributed by atoms with Crippen LogP contribution in [0, 0.1) is 10.8 Å². The van der Waals surface area contributed by atoms with Gasteiger partial charge in [-0.05, 0) is 24.7 Å². The normalized spacial score (nSPS) is 23.6. The van der Waals surface area contributed by atoms with E-state index < -0.39 is 0 Å². The minimum atomic E-state index is 0. The fourth-order valence-electron chi connectivity index (χ4n) is 3.12. The zero-order valence-corrected chi connectivity index (χ0v) is 15.5. The van der Waals surface area contributed by atoms with Crippen LogP contribution in [0.15, 0.2) is 4.99 Å². The number of hydrogen-bond donors (Lipinski definition) is 2. The number of ether oxygens (including phenoxy) is 1. The van der Waals surface area contributed by atoms with Gasteiger partial charge >= 0.3 is 0 Å². The van der Waals surface area contributed by atoms with Crippen molar-refractivity contribution in [1.29, 1.82) is 0 Å². The molecule has 4 nitrogen and oxygen atoms in total. The second kappa shape index (κ2) is 7.82. The number of aliphatic imine (C=N–C) groups is 1. The molecule has 118 valence electrons. The van der Waals surface area contributed by atoms with Gasteiger partial charge in [0.25, 0.3) is 0 Å². The lowest BCUT2D eigenvalue weighted by molar-refractivity contribution is -0.0971. The van der Waals surface area contributed by atoms with Gasteiger partial charge in [-0.3, -0.25) is 4.99 Å². The third-order valence-electron chi connectivity index (χ3n) is 4.85. The van der Waals surface area contributed by atoms with Crippen LogP contribution in [0.1, 0.15) is 46.0 Å². The second-order valence-corrected chi connectivity index (χ2v) is 6.64. The van der Waals surface area contributed by atoms with Crippen molar-refractivity contribution in [2.24, 2.45) is 15.8 Å². The minimum absolute atomic E-state index is 0. The van der Waals surface area contributed by atoms with Crippen LogP contribution in [0.4, 0.5) is 0 Å². The van der Waals surface area contributed by atoms with E-state index in [-0.39, 0.29) is 29.4 Å². The molecule has 1 saturated carbocycles. The first-order valence-electron chi connectivity index (χ1n) is 7.64. The summed E-state index contributed by atoms with van der Waals surface area (Å²) in [5, 5.41) is 6.96. The van der Waals surface area contributed by atoms with E-state index in [0.29, 0.717) is 5.41 Å². The van der Waals surface area contributed by atoms with Gasteiger partial charge in [0, 0.05) is 25.6 Å². The first-order chi connectivity index (χ1) is 9.11. The van der Waals surface area contributed by atoms with E-state index in [1.807, 2.05) is 7.05 Å². The van der Waals surface area contributed by atoms with Crippen molar-refractivity contribution in [3.05, 3.63) is 0 Å². The van der Waals surface area contributed by atoms with Crippen molar-refractivity contribution in [2.75, 3.05) is 33.4 Å². The number of halogens is 1. The zero-order valence-electron chi connectivity index (χ0n) is 13.1. The van der Waals surface area contributed by atoms with Crippen molar-refractivity contribution in [3.63, 3.8) is 0 Å². The Morgan fingerprint density at radius 1 is 1.15 bits per heavy atom. The standard InChI is InChI=1S/C15H29N3O.HI/c1-4-15(7-5-6-8-15)10-18-13(16-3)17-9-14(2)11-19-12-14;/h4-12H2,1-3H3,(H2,16,17,18);1H. The van der Waals surface area contributed by atoms with Gasteiger partial charge in [0.05, 0.1) is 13.2 Å². The number of nitrogens with zero attached hydrogens (tertiary/aromatic N) is 1. The minimum Gasteiger partial charge on any atom is -0.380 e. The van der Waals surface area contributed by atoms with Crippen LogP contribution in [0.25, 0.3) is 0 Å². The van der Waals surface area contributed by atoms with Crippen LogP contribution in [-0.2, 0) is 4.74 Å². The molecule has 0 bridgehead atoms. The molecule has 2 N–H and O–H groups in total. The molecule has 1 saturated heterocycles. The molecule has 2 fully saturated rings. The highest BCUT2D eigenvalue weighted by Gasteiger charge is 2.34. The SMILES string of the molecule is CCC1(CNC(=NC)NCC2(C)COC2)CCCC1.I. The fraction of sp³-hybridized carbons (Fsp3) is 0.933. The number of guanidine groups is 1. The summed E-state index contributed by atoms with van der Waals surface area (Å²) in [5.41, 5.74) is 0.786. The van der Waals surface area contributed by atoms with Gasteiger partial charge in [0.2, 0.25) is 0 Å². The fourth-order valence-corrected chi connectivity index (χ4v) is 3.12. The average Bonchev–Trinajstić information content (AvgIpc) is 2.86. The summed E-state index contributed by atoms with van der Waals surface area (Å²) in [7, 11) is 1.85. The molecule has 1 aliphatic carbocycles. The van der Waals surface area contributed by atoms with Crippen LogP contribution >= 0.6 is 24.0 Å². The summed E-state index contributed by atoms with van der Waals surface area (Å²) < 4.78 is 5.28. The lowest BCUT2D eigenvalue weighted by atomic mass is 9.83. The predicted molar refractivity (Wildman–Crippen MR) is 94.9 cm³/mol. The monoisotopic (exact) mass is 395 g/mol. The largest absolute Gasteiger partial charge is 0.380 e. The molecule has 1 aliphatic heterocycles. The summed E-state index contributed by atoms with van der Waals surface area (Å²) >= 11 is 0. The summed E-state index contributed by atoms with van der Waals surface area (Å²) in [5.74, 6) is 0.938. The quantitative estimate of drug-likeness (QED) is 0.428. The first-order valence-corrected chi connectivity index (χ1v) is 7.64. The van der Waals surface area contributed by atoms with Gasteiger partial charge in [0.1, 0.15) is 0 Å².